The number of rotatable bonds is 4. The third-order valence-corrected chi connectivity index (χ3v) is 5.79. The van der Waals surface area contributed by atoms with Crippen LogP contribution in [0.15, 0.2) is 53.9 Å². The molecule has 4 rings (SSSR count). The zero-order valence-electron chi connectivity index (χ0n) is 14.8. The van der Waals surface area contributed by atoms with Gasteiger partial charge in [0.1, 0.15) is 0 Å². The maximum atomic E-state index is 13.0. The number of aromatic nitrogens is 2. The summed E-state index contributed by atoms with van der Waals surface area (Å²) in [6, 6.07) is 16.5. The SMILES string of the molecule is CNC1CCN(C(=O)c2cc(-c3cccs3)n(-c3ccccc3)n2)CC1. The number of benzene rings is 1. The molecule has 3 heterocycles. The fourth-order valence-electron chi connectivity index (χ4n) is 3.38. The lowest BCUT2D eigenvalue weighted by Crippen LogP contribution is -2.44. The van der Waals surface area contributed by atoms with Crippen LogP contribution in [-0.4, -0.2) is 46.8 Å². The highest BCUT2D eigenvalue weighted by molar-refractivity contribution is 7.13. The van der Waals surface area contributed by atoms with E-state index >= 15 is 0 Å². The number of hydrogen-bond acceptors (Lipinski definition) is 4. The lowest BCUT2D eigenvalue weighted by atomic mass is 10.1. The van der Waals surface area contributed by atoms with Crippen molar-refractivity contribution in [1.29, 1.82) is 0 Å². The molecule has 1 fully saturated rings. The van der Waals surface area contributed by atoms with Crippen LogP contribution in [0.25, 0.3) is 16.3 Å². The number of piperidine rings is 1. The molecular formula is C20H22N4OS. The van der Waals surface area contributed by atoms with Crippen molar-refractivity contribution in [3.8, 4) is 16.3 Å². The van der Waals surface area contributed by atoms with E-state index in [-0.39, 0.29) is 5.91 Å². The van der Waals surface area contributed by atoms with Crippen LogP contribution in [0.5, 0.6) is 0 Å². The number of likely N-dealkylation sites (tertiary alicyclic amines) is 1. The number of carbonyl (C=O) groups excluding carboxylic acids is 1. The molecule has 1 amide bonds. The number of carbonyl (C=O) groups is 1. The van der Waals surface area contributed by atoms with E-state index in [1.165, 1.54) is 0 Å². The molecule has 3 aromatic rings. The molecule has 0 bridgehead atoms. The van der Waals surface area contributed by atoms with Crippen LogP contribution in [0, 0.1) is 0 Å². The van der Waals surface area contributed by atoms with Crippen molar-refractivity contribution in [2.75, 3.05) is 20.1 Å². The minimum atomic E-state index is 0.0204. The van der Waals surface area contributed by atoms with Gasteiger partial charge >= 0.3 is 0 Å². The Hall–Kier alpha value is -2.44. The Morgan fingerprint density at radius 2 is 1.92 bits per heavy atom. The summed E-state index contributed by atoms with van der Waals surface area (Å²) in [6.07, 6.45) is 1.97. The molecule has 0 unspecified atom stereocenters. The molecule has 1 N–H and O–H groups in total. The highest BCUT2D eigenvalue weighted by atomic mass is 32.1. The smallest absolute Gasteiger partial charge is 0.274 e. The number of amides is 1. The zero-order chi connectivity index (χ0) is 17.9. The van der Waals surface area contributed by atoms with Crippen molar-refractivity contribution in [1.82, 2.24) is 20.0 Å². The molecule has 1 saturated heterocycles. The van der Waals surface area contributed by atoms with Crippen molar-refractivity contribution >= 4 is 17.2 Å². The average Bonchev–Trinajstić information content (AvgIpc) is 3.38. The second-order valence-electron chi connectivity index (χ2n) is 6.49. The predicted molar refractivity (Wildman–Crippen MR) is 105 cm³/mol. The van der Waals surface area contributed by atoms with Crippen LogP contribution in [0.3, 0.4) is 0 Å². The Kier molecular flexibility index (Phi) is 4.86. The van der Waals surface area contributed by atoms with Crippen molar-refractivity contribution in [3.05, 3.63) is 59.6 Å². The molecule has 2 aromatic heterocycles. The van der Waals surface area contributed by atoms with Gasteiger partial charge in [0.2, 0.25) is 0 Å². The van der Waals surface area contributed by atoms with E-state index in [1.54, 1.807) is 11.3 Å². The van der Waals surface area contributed by atoms with Crippen LogP contribution in [0.1, 0.15) is 23.3 Å². The lowest BCUT2D eigenvalue weighted by Gasteiger charge is -2.31. The maximum absolute atomic E-state index is 13.0. The molecule has 1 aromatic carbocycles. The maximum Gasteiger partial charge on any atom is 0.274 e. The van der Waals surface area contributed by atoms with Gasteiger partial charge in [-0.2, -0.15) is 5.10 Å². The van der Waals surface area contributed by atoms with Crippen LogP contribution < -0.4 is 5.32 Å². The van der Waals surface area contributed by atoms with Gasteiger partial charge in [-0.15, -0.1) is 11.3 Å². The minimum Gasteiger partial charge on any atom is -0.337 e. The molecule has 1 aliphatic heterocycles. The second kappa shape index (κ2) is 7.43. The molecule has 26 heavy (non-hydrogen) atoms. The molecule has 5 nitrogen and oxygen atoms in total. The van der Waals surface area contributed by atoms with E-state index in [0.29, 0.717) is 11.7 Å². The van der Waals surface area contributed by atoms with Gasteiger partial charge in [-0.05, 0) is 49.5 Å². The van der Waals surface area contributed by atoms with E-state index in [9.17, 15) is 4.79 Å². The normalized spacial score (nSPS) is 15.3. The van der Waals surface area contributed by atoms with Crippen LogP contribution in [0.2, 0.25) is 0 Å². The Morgan fingerprint density at radius 3 is 2.58 bits per heavy atom. The Balaban J connectivity index is 1.66. The van der Waals surface area contributed by atoms with Gasteiger partial charge in [-0.1, -0.05) is 24.3 Å². The van der Waals surface area contributed by atoms with E-state index in [0.717, 1.165) is 42.2 Å². The summed E-state index contributed by atoms with van der Waals surface area (Å²) >= 11 is 1.65. The van der Waals surface area contributed by atoms with E-state index in [1.807, 2.05) is 64.5 Å². The van der Waals surface area contributed by atoms with Crippen LogP contribution >= 0.6 is 11.3 Å². The van der Waals surface area contributed by atoms with Gasteiger partial charge < -0.3 is 10.2 Å². The quantitative estimate of drug-likeness (QED) is 0.770. The van der Waals surface area contributed by atoms with Crippen molar-refractivity contribution in [2.45, 2.75) is 18.9 Å². The van der Waals surface area contributed by atoms with E-state index in [4.69, 9.17) is 0 Å². The van der Waals surface area contributed by atoms with Crippen LogP contribution in [0.4, 0.5) is 0 Å². The van der Waals surface area contributed by atoms with Gasteiger partial charge in [-0.3, -0.25) is 4.79 Å². The molecule has 0 aliphatic carbocycles. The minimum absolute atomic E-state index is 0.0204. The van der Waals surface area contributed by atoms with Crippen LogP contribution in [-0.2, 0) is 0 Å². The monoisotopic (exact) mass is 366 g/mol. The largest absolute Gasteiger partial charge is 0.337 e. The number of hydrogen-bond donors (Lipinski definition) is 1. The molecular weight excluding hydrogens is 344 g/mol. The average molecular weight is 366 g/mol. The second-order valence-corrected chi connectivity index (χ2v) is 7.44. The lowest BCUT2D eigenvalue weighted by molar-refractivity contribution is 0.0701. The van der Waals surface area contributed by atoms with Gasteiger partial charge in [0.25, 0.3) is 5.91 Å². The number of nitrogens with zero attached hydrogens (tertiary/aromatic N) is 3. The molecule has 0 radical (unpaired) electrons. The number of thiophene rings is 1. The standard InChI is InChI=1S/C20H22N4OS/c1-21-15-9-11-23(12-10-15)20(25)17-14-18(19-8-5-13-26-19)24(22-17)16-6-3-2-4-7-16/h2-8,13-15,21H,9-12H2,1H3. The third kappa shape index (κ3) is 3.30. The summed E-state index contributed by atoms with van der Waals surface area (Å²) in [7, 11) is 1.98. The summed E-state index contributed by atoms with van der Waals surface area (Å²) in [5, 5.41) is 10.0. The molecule has 1 aliphatic rings. The first-order valence-electron chi connectivity index (χ1n) is 8.92. The number of nitrogens with one attached hydrogen (secondary N) is 1. The Bertz CT molecular complexity index is 865. The Labute approximate surface area is 157 Å². The summed E-state index contributed by atoms with van der Waals surface area (Å²) < 4.78 is 1.87. The van der Waals surface area contributed by atoms with Crippen molar-refractivity contribution in [3.63, 3.8) is 0 Å². The van der Waals surface area contributed by atoms with Crippen molar-refractivity contribution < 1.29 is 4.79 Å². The topological polar surface area (TPSA) is 50.2 Å². The Morgan fingerprint density at radius 1 is 1.15 bits per heavy atom. The highest BCUT2D eigenvalue weighted by Gasteiger charge is 2.26. The first kappa shape index (κ1) is 17.0. The predicted octanol–water partition coefficient (Wildman–Crippen LogP) is 3.42. The van der Waals surface area contributed by atoms with E-state index in [2.05, 4.69) is 16.5 Å². The van der Waals surface area contributed by atoms with Crippen molar-refractivity contribution in [2.24, 2.45) is 0 Å². The highest BCUT2D eigenvalue weighted by Crippen LogP contribution is 2.28. The van der Waals surface area contributed by atoms with Gasteiger partial charge in [0.05, 0.1) is 16.3 Å². The summed E-state index contributed by atoms with van der Waals surface area (Å²) in [5.74, 6) is 0.0204. The molecule has 6 heteroatoms. The summed E-state index contributed by atoms with van der Waals surface area (Å²) in [4.78, 5) is 16.0. The fourth-order valence-corrected chi connectivity index (χ4v) is 4.11. The molecule has 0 saturated carbocycles. The number of para-hydroxylation sites is 1. The van der Waals surface area contributed by atoms with Gasteiger partial charge in [0.15, 0.2) is 5.69 Å². The molecule has 0 spiro atoms. The third-order valence-electron chi connectivity index (χ3n) is 4.89. The van der Waals surface area contributed by atoms with E-state index < -0.39 is 0 Å². The first-order valence-corrected chi connectivity index (χ1v) is 9.80. The summed E-state index contributed by atoms with van der Waals surface area (Å²) in [5.41, 5.74) is 2.43. The van der Waals surface area contributed by atoms with Gasteiger partial charge in [0, 0.05) is 19.1 Å². The molecule has 0 atom stereocenters. The first-order chi connectivity index (χ1) is 12.8. The summed E-state index contributed by atoms with van der Waals surface area (Å²) in [6.45, 7) is 1.55. The zero-order valence-corrected chi connectivity index (χ0v) is 15.6. The van der Waals surface area contributed by atoms with Gasteiger partial charge in [-0.25, -0.2) is 4.68 Å². The molecule has 134 valence electrons. The fraction of sp³-hybridized carbons (Fsp3) is 0.300.